The van der Waals surface area contributed by atoms with Gasteiger partial charge in [0.2, 0.25) is 0 Å². The quantitative estimate of drug-likeness (QED) is 0.393. The van der Waals surface area contributed by atoms with Gasteiger partial charge >= 0.3 is 0 Å². The van der Waals surface area contributed by atoms with Crippen LogP contribution in [-0.2, 0) is 28.6 Å². The first-order valence-electron chi connectivity index (χ1n) is 11.5. The molecule has 1 N–H and O–H groups in total. The molecule has 0 aromatic heterocycles. The molecule has 176 valence electrons. The average Bonchev–Trinajstić information content (AvgIpc) is 3.36. The Morgan fingerprint density at radius 2 is 1.49 bits per heavy atom. The van der Waals surface area contributed by atoms with Crippen molar-refractivity contribution in [2.24, 2.45) is 0 Å². The number of rotatable bonds is 7. The van der Waals surface area contributed by atoms with Gasteiger partial charge in [-0.3, -0.25) is 4.79 Å². The van der Waals surface area contributed by atoms with Crippen LogP contribution in [0.25, 0.3) is 11.1 Å². The highest BCUT2D eigenvalue weighted by atomic mass is 32.2. The molecule has 0 spiro atoms. The van der Waals surface area contributed by atoms with Crippen LogP contribution in [0.3, 0.4) is 0 Å². The van der Waals surface area contributed by atoms with Gasteiger partial charge in [-0.25, -0.2) is 8.42 Å². The molecule has 0 unspecified atom stereocenters. The van der Waals surface area contributed by atoms with Crippen LogP contribution < -0.4 is 10.1 Å². The van der Waals surface area contributed by atoms with Gasteiger partial charge in [-0.05, 0) is 64.2 Å². The monoisotopic (exact) mass is 483 g/mol. The predicted molar refractivity (Wildman–Crippen MR) is 136 cm³/mol. The highest BCUT2D eigenvalue weighted by Crippen LogP contribution is 2.30. The number of ether oxygens (including phenoxy) is 1. The summed E-state index contributed by atoms with van der Waals surface area (Å²) in [6, 6.07) is 29.5. The third kappa shape index (κ3) is 5.28. The van der Waals surface area contributed by atoms with Crippen molar-refractivity contribution in [3.8, 4) is 16.9 Å². The Kier molecular flexibility index (Phi) is 6.38. The van der Waals surface area contributed by atoms with E-state index in [9.17, 15) is 13.2 Å². The molecule has 4 aromatic rings. The Morgan fingerprint density at radius 1 is 0.800 bits per heavy atom. The Bertz CT molecular complexity index is 1450. The first kappa shape index (κ1) is 22.9. The molecule has 0 fully saturated rings. The lowest BCUT2D eigenvalue weighted by Gasteiger charge is -2.09. The van der Waals surface area contributed by atoms with E-state index < -0.39 is 9.84 Å². The SMILES string of the molecule is O=C(NCc1ccc(-c2ccc3c(c2)CCO3)cc1)c1ccc(CS(=O)(=O)c2ccccc2)cc1. The summed E-state index contributed by atoms with van der Waals surface area (Å²) in [7, 11) is -3.43. The molecule has 35 heavy (non-hydrogen) atoms. The Balaban J connectivity index is 1.18. The number of benzene rings is 4. The van der Waals surface area contributed by atoms with Crippen molar-refractivity contribution >= 4 is 15.7 Å². The largest absolute Gasteiger partial charge is 0.493 e. The van der Waals surface area contributed by atoms with Gasteiger partial charge in [0.15, 0.2) is 9.84 Å². The lowest BCUT2D eigenvalue weighted by Crippen LogP contribution is -2.22. The Labute approximate surface area is 205 Å². The molecule has 0 saturated heterocycles. The molecule has 0 saturated carbocycles. The van der Waals surface area contributed by atoms with Gasteiger partial charge in [-0.15, -0.1) is 0 Å². The molecule has 6 heteroatoms. The fourth-order valence-electron chi connectivity index (χ4n) is 4.15. The average molecular weight is 484 g/mol. The summed E-state index contributed by atoms with van der Waals surface area (Å²) in [6.45, 7) is 1.15. The van der Waals surface area contributed by atoms with Crippen molar-refractivity contribution in [1.29, 1.82) is 0 Å². The molecule has 5 rings (SSSR count). The second kappa shape index (κ2) is 9.76. The van der Waals surface area contributed by atoms with E-state index in [1.807, 2.05) is 18.2 Å². The van der Waals surface area contributed by atoms with Crippen molar-refractivity contribution < 1.29 is 17.9 Å². The zero-order valence-electron chi connectivity index (χ0n) is 19.1. The zero-order valence-corrected chi connectivity index (χ0v) is 19.9. The van der Waals surface area contributed by atoms with E-state index in [2.05, 4.69) is 29.6 Å². The molecule has 4 aromatic carbocycles. The van der Waals surface area contributed by atoms with Gasteiger partial charge in [0.05, 0.1) is 17.3 Å². The van der Waals surface area contributed by atoms with Gasteiger partial charge in [0.25, 0.3) is 5.91 Å². The van der Waals surface area contributed by atoms with Gasteiger partial charge in [-0.2, -0.15) is 0 Å². The van der Waals surface area contributed by atoms with Gasteiger partial charge in [0, 0.05) is 18.5 Å². The molecule has 1 heterocycles. The van der Waals surface area contributed by atoms with E-state index in [-0.39, 0.29) is 16.6 Å². The van der Waals surface area contributed by atoms with E-state index in [1.54, 1.807) is 54.6 Å². The second-order valence-electron chi connectivity index (χ2n) is 8.57. The number of carbonyl (C=O) groups is 1. The van der Waals surface area contributed by atoms with E-state index in [0.29, 0.717) is 17.7 Å². The maximum atomic E-state index is 12.6. The van der Waals surface area contributed by atoms with Gasteiger partial charge in [-0.1, -0.05) is 60.7 Å². The van der Waals surface area contributed by atoms with Crippen LogP contribution in [0.1, 0.15) is 27.0 Å². The summed E-state index contributed by atoms with van der Waals surface area (Å²) in [5.41, 5.74) is 5.64. The lowest BCUT2D eigenvalue weighted by molar-refractivity contribution is 0.0951. The third-order valence-corrected chi connectivity index (χ3v) is 7.81. The van der Waals surface area contributed by atoms with E-state index >= 15 is 0 Å². The maximum Gasteiger partial charge on any atom is 0.251 e. The van der Waals surface area contributed by atoms with Crippen LogP contribution in [0.4, 0.5) is 0 Å². The number of carbonyl (C=O) groups excluding carboxylic acids is 1. The number of hydrogen-bond donors (Lipinski definition) is 1. The molecular formula is C29H25NO4S. The van der Waals surface area contributed by atoms with Gasteiger partial charge in [0.1, 0.15) is 5.75 Å². The molecule has 1 aliphatic heterocycles. The minimum Gasteiger partial charge on any atom is -0.493 e. The highest BCUT2D eigenvalue weighted by molar-refractivity contribution is 7.90. The number of amides is 1. The van der Waals surface area contributed by atoms with Crippen LogP contribution in [0.2, 0.25) is 0 Å². The normalized spacial score (nSPS) is 12.6. The smallest absolute Gasteiger partial charge is 0.251 e. The zero-order chi connectivity index (χ0) is 24.3. The molecule has 0 bridgehead atoms. The minimum atomic E-state index is -3.43. The fraction of sp³-hybridized carbons (Fsp3) is 0.138. The van der Waals surface area contributed by atoms with Crippen molar-refractivity contribution in [3.63, 3.8) is 0 Å². The van der Waals surface area contributed by atoms with Gasteiger partial charge < -0.3 is 10.1 Å². The number of hydrogen-bond acceptors (Lipinski definition) is 4. The first-order chi connectivity index (χ1) is 17.0. The molecule has 5 nitrogen and oxygen atoms in total. The topological polar surface area (TPSA) is 72.5 Å². The Hall–Kier alpha value is -3.90. The molecule has 0 radical (unpaired) electrons. The van der Waals surface area contributed by atoms with E-state index in [4.69, 9.17) is 4.74 Å². The van der Waals surface area contributed by atoms with Crippen LogP contribution in [-0.4, -0.2) is 20.9 Å². The summed E-state index contributed by atoms with van der Waals surface area (Å²) in [6.07, 6.45) is 0.942. The third-order valence-electron chi connectivity index (χ3n) is 6.10. The summed E-state index contributed by atoms with van der Waals surface area (Å²) in [5.74, 6) is 0.659. The van der Waals surface area contributed by atoms with Crippen LogP contribution >= 0.6 is 0 Å². The van der Waals surface area contributed by atoms with Crippen LogP contribution in [0.15, 0.2) is 102 Å². The maximum absolute atomic E-state index is 12.6. The van der Waals surface area contributed by atoms with Crippen molar-refractivity contribution in [2.45, 2.75) is 23.6 Å². The summed E-state index contributed by atoms with van der Waals surface area (Å²) in [4.78, 5) is 12.9. The van der Waals surface area contributed by atoms with E-state index in [1.165, 1.54) is 5.56 Å². The summed E-state index contributed by atoms with van der Waals surface area (Å²) in [5, 5.41) is 2.93. The second-order valence-corrected chi connectivity index (χ2v) is 10.6. The van der Waals surface area contributed by atoms with Crippen LogP contribution in [0, 0.1) is 0 Å². The number of sulfone groups is 1. The summed E-state index contributed by atoms with van der Waals surface area (Å²) < 4.78 is 30.7. The molecular weight excluding hydrogens is 458 g/mol. The predicted octanol–water partition coefficient (Wildman–Crippen LogP) is 5.19. The minimum absolute atomic E-state index is 0.109. The number of fused-ring (bicyclic) bond motifs is 1. The molecule has 1 aliphatic rings. The fourth-order valence-corrected chi connectivity index (χ4v) is 5.52. The molecule has 1 amide bonds. The number of nitrogens with one attached hydrogen (secondary N) is 1. The van der Waals surface area contributed by atoms with Crippen molar-refractivity contribution in [2.75, 3.05) is 6.61 Å². The highest BCUT2D eigenvalue weighted by Gasteiger charge is 2.16. The standard InChI is InChI=1S/C29H25NO4S/c31-29(24-12-8-22(9-13-24)20-35(32,33)27-4-2-1-3-5-27)30-19-21-6-10-23(11-7-21)25-14-15-28-26(18-25)16-17-34-28/h1-15,18H,16-17,19-20H2,(H,30,31). The first-order valence-corrected chi connectivity index (χ1v) is 13.1. The molecule has 0 atom stereocenters. The summed E-state index contributed by atoms with van der Waals surface area (Å²) >= 11 is 0. The lowest BCUT2D eigenvalue weighted by atomic mass is 10.0. The van der Waals surface area contributed by atoms with Crippen molar-refractivity contribution in [1.82, 2.24) is 5.32 Å². The Morgan fingerprint density at radius 3 is 2.23 bits per heavy atom. The molecule has 0 aliphatic carbocycles. The van der Waals surface area contributed by atoms with Crippen LogP contribution in [0.5, 0.6) is 5.75 Å². The van der Waals surface area contributed by atoms with E-state index in [0.717, 1.165) is 35.5 Å². The van der Waals surface area contributed by atoms with Crippen molar-refractivity contribution in [3.05, 3.63) is 119 Å².